The van der Waals surface area contributed by atoms with Gasteiger partial charge < -0.3 is 4.74 Å². The smallest absolute Gasteiger partial charge is 0.363 e. The minimum absolute atomic E-state index is 0.356. The molecule has 0 saturated carbocycles. The molecule has 1 aliphatic heterocycles. The molecule has 2 atom stereocenters. The second-order valence-electron chi connectivity index (χ2n) is 5.68. The average molecular weight is 445 g/mol. The zero-order chi connectivity index (χ0) is 19.5. The average Bonchev–Trinajstić information content (AvgIpc) is 2.46. The summed E-state index contributed by atoms with van der Waals surface area (Å²) >= 11 is 2.97. The fraction of sp³-hybridized carbons (Fsp3) is 0.571. The Morgan fingerprint density at radius 1 is 0.920 bits per heavy atom. The van der Waals surface area contributed by atoms with E-state index in [0.29, 0.717) is 4.47 Å². The molecule has 11 heteroatoms. The first kappa shape index (κ1) is 20.3. The molecule has 1 aromatic rings. The van der Waals surface area contributed by atoms with E-state index >= 15 is 0 Å². The van der Waals surface area contributed by atoms with Gasteiger partial charge in [0.2, 0.25) is 0 Å². The molecular weight excluding hydrogens is 435 g/mol. The van der Waals surface area contributed by atoms with Crippen molar-refractivity contribution in [2.24, 2.45) is 5.92 Å². The second kappa shape index (κ2) is 5.77. The molecule has 2 rings (SSSR count). The lowest BCUT2D eigenvalue weighted by atomic mass is 9.70. The van der Waals surface area contributed by atoms with Crippen molar-refractivity contribution in [1.82, 2.24) is 0 Å². The van der Waals surface area contributed by atoms with E-state index in [1.807, 2.05) is 0 Å². The molecule has 1 heterocycles. The molecule has 0 aromatic heterocycles. The first-order chi connectivity index (χ1) is 11.1. The largest absolute Gasteiger partial charge is 0.460 e. The van der Waals surface area contributed by atoms with Crippen LogP contribution in [0.25, 0.3) is 0 Å². The van der Waals surface area contributed by atoms with Crippen molar-refractivity contribution in [1.29, 1.82) is 0 Å². The Bertz CT molecular complexity index is 641. The normalized spacial score (nSPS) is 25.6. The monoisotopic (exact) mass is 444 g/mol. The van der Waals surface area contributed by atoms with Crippen molar-refractivity contribution >= 4 is 15.9 Å². The Balaban J connectivity index is 2.63. The van der Waals surface area contributed by atoms with Gasteiger partial charge in [0.1, 0.15) is 0 Å². The third kappa shape index (κ3) is 2.56. The second-order valence-corrected chi connectivity index (χ2v) is 6.59. The zero-order valence-corrected chi connectivity index (χ0v) is 13.9. The summed E-state index contributed by atoms with van der Waals surface area (Å²) in [4.78, 5) is 0. The number of hydrogen-bond acceptors (Lipinski definition) is 1. The molecule has 1 aromatic carbocycles. The minimum atomic E-state index is -6.95. The van der Waals surface area contributed by atoms with Gasteiger partial charge in [0.05, 0.1) is 6.61 Å². The Labute approximate surface area is 144 Å². The number of rotatable bonds is 4. The minimum Gasteiger partial charge on any atom is -0.363 e. The third-order valence-corrected chi connectivity index (χ3v) is 4.67. The molecule has 1 fully saturated rings. The molecule has 0 spiro atoms. The van der Waals surface area contributed by atoms with Gasteiger partial charge in [-0.25, -0.2) is 0 Å². The fourth-order valence-corrected chi connectivity index (χ4v) is 2.94. The van der Waals surface area contributed by atoms with Crippen LogP contribution in [0.2, 0.25) is 0 Å². The highest BCUT2D eigenvalue weighted by molar-refractivity contribution is 9.10. The van der Waals surface area contributed by atoms with Crippen LogP contribution in [0.1, 0.15) is 12.5 Å². The van der Waals surface area contributed by atoms with Crippen LogP contribution in [-0.2, 0) is 10.3 Å². The Morgan fingerprint density at radius 2 is 1.40 bits per heavy atom. The Hall–Kier alpha value is -0.970. The van der Waals surface area contributed by atoms with E-state index in [-0.39, 0.29) is 0 Å². The number of benzene rings is 1. The summed E-state index contributed by atoms with van der Waals surface area (Å²) in [6.07, 6.45) is -6.87. The lowest BCUT2D eigenvalue weighted by molar-refractivity contribution is -0.443. The van der Waals surface area contributed by atoms with Crippen LogP contribution in [0, 0.1) is 5.92 Å². The summed E-state index contributed by atoms with van der Waals surface area (Å²) in [5.41, 5.74) is -3.94. The maximum Gasteiger partial charge on any atom is 0.460 e. The first-order valence-electron chi connectivity index (χ1n) is 6.73. The van der Waals surface area contributed by atoms with Crippen molar-refractivity contribution in [2.75, 3.05) is 6.61 Å². The van der Waals surface area contributed by atoms with Gasteiger partial charge in [0, 0.05) is 10.4 Å². The molecular formula is C14H10BrF9O. The summed E-state index contributed by atoms with van der Waals surface area (Å²) in [5, 5.41) is 0. The van der Waals surface area contributed by atoms with E-state index in [4.69, 9.17) is 0 Å². The van der Waals surface area contributed by atoms with Crippen LogP contribution in [0.15, 0.2) is 28.7 Å². The maximum atomic E-state index is 14.5. The van der Waals surface area contributed by atoms with Crippen LogP contribution in [0.4, 0.5) is 39.5 Å². The van der Waals surface area contributed by atoms with Crippen molar-refractivity contribution in [2.45, 2.75) is 36.5 Å². The van der Waals surface area contributed by atoms with Crippen LogP contribution >= 0.6 is 15.9 Å². The van der Waals surface area contributed by atoms with E-state index in [9.17, 15) is 39.5 Å². The molecule has 142 valence electrons. The van der Waals surface area contributed by atoms with Crippen molar-refractivity contribution in [3.8, 4) is 0 Å². The lowest BCUT2D eigenvalue weighted by Gasteiger charge is -2.54. The van der Waals surface area contributed by atoms with Crippen molar-refractivity contribution in [3.05, 3.63) is 34.3 Å². The van der Waals surface area contributed by atoms with Gasteiger partial charge in [-0.05, 0) is 17.7 Å². The maximum absolute atomic E-state index is 14.5. The summed E-state index contributed by atoms with van der Waals surface area (Å²) in [7, 11) is 0. The van der Waals surface area contributed by atoms with Gasteiger partial charge in [-0.1, -0.05) is 35.0 Å². The van der Waals surface area contributed by atoms with E-state index < -0.39 is 47.6 Å². The summed E-state index contributed by atoms with van der Waals surface area (Å²) < 4.78 is 125. The predicted octanol–water partition coefficient (Wildman–Crippen LogP) is 5.78. The number of alkyl halides is 9. The van der Waals surface area contributed by atoms with Gasteiger partial charge in [-0.3, -0.25) is 0 Å². The predicted molar refractivity (Wildman–Crippen MR) is 71.8 cm³/mol. The van der Waals surface area contributed by atoms with Gasteiger partial charge in [0.15, 0.2) is 5.60 Å². The topological polar surface area (TPSA) is 9.23 Å². The quantitative estimate of drug-likeness (QED) is 0.535. The van der Waals surface area contributed by atoms with Crippen LogP contribution in [-0.4, -0.2) is 30.6 Å². The molecule has 0 aliphatic carbocycles. The number of halogens is 10. The molecule has 0 N–H and O–H groups in total. The zero-order valence-electron chi connectivity index (χ0n) is 12.3. The van der Waals surface area contributed by atoms with E-state index in [1.165, 1.54) is 0 Å². The molecule has 1 saturated heterocycles. The van der Waals surface area contributed by atoms with Crippen LogP contribution < -0.4 is 0 Å². The first-order valence-corrected chi connectivity index (χ1v) is 7.52. The standard InChI is InChI=1S/C14H10BrF9O/c1-7-6-25-10(7,8-2-4-9(15)5-3-8)11(16,17)12(18,19)13(20,21)14(22,23)24/h2-5,7H,6H2,1H3/t7-,10+/m1/s1. The SMILES string of the molecule is C[C@@H]1CO[C@@]1(c1ccc(Br)cc1)C(F)(F)C(F)(F)C(F)(F)C(F)(F)F. The summed E-state index contributed by atoms with van der Waals surface area (Å²) in [6.45, 7) is 0.501. The van der Waals surface area contributed by atoms with E-state index in [1.54, 1.807) is 0 Å². The summed E-state index contributed by atoms with van der Waals surface area (Å²) in [6, 6.07) is 4.11. The molecule has 0 radical (unpaired) electrons. The van der Waals surface area contributed by atoms with Crippen molar-refractivity contribution in [3.63, 3.8) is 0 Å². The molecule has 25 heavy (non-hydrogen) atoms. The number of ether oxygens (including phenoxy) is 1. The molecule has 0 bridgehead atoms. The van der Waals surface area contributed by atoms with Crippen molar-refractivity contribution < 1.29 is 44.3 Å². The van der Waals surface area contributed by atoms with E-state index in [2.05, 4.69) is 20.7 Å². The van der Waals surface area contributed by atoms with Gasteiger partial charge in [-0.15, -0.1) is 0 Å². The van der Waals surface area contributed by atoms with Gasteiger partial charge >= 0.3 is 23.9 Å². The van der Waals surface area contributed by atoms with Gasteiger partial charge in [-0.2, -0.15) is 39.5 Å². The Morgan fingerprint density at radius 3 is 1.72 bits per heavy atom. The molecule has 0 unspecified atom stereocenters. The lowest BCUT2D eigenvalue weighted by Crippen LogP contribution is -2.72. The Kier molecular flexibility index (Phi) is 4.69. The third-order valence-electron chi connectivity index (χ3n) is 4.14. The molecule has 1 aliphatic rings. The molecule has 1 nitrogen and oxygen atoms in total. The number of hydrogen-bond donors (Lipinski definition) is 0. The molecule has 0 amide bonds. The van der Waals surface area contributed by atoms with Gasteiger partial charge in [0.25, 0.3) is 0 Å². The highest BCUT2D eigenvalue weighted by Crippen LogP contribution is 2.63. The van der Waals surface area contributed by atoms with Crippen LogP contribution in [0.3, 0.4) is 0 Å². The van der Waals surface area contributed by atoms with Crippen LogP contribution in [0.5, 0.6) is 0 Å². The van der Waals surface area contributed by atoms with E-state index in [0.717, 1.165) is 31.2 Å². The highest BCUT2D eigenvalue weighted by atomic mass is 79.9. The summed E-state index contributed by atoms with van der Waals surface area (Å²) in [5.74, 6) is -21.0. The fourth-order valence-electron chi connectivity index (χ4n) is 2.67. The highest BCUT2D eigenvalue weighted by Gasteiger charge is 2.87.